The molecule has 6 heteroatoms. The first kappa shape index (κ1) is 18.7. The molecule has 0 saturated carbocycles. The number of piperidine rings is 1. The van der Waals surface area contributed by atoms with E-state index in [4.69, 9.17) is 0 Å². The number of rotatable bonds is 5. The van der Waals surface area contributed by atoms with Crippen LogP contribution in [-0.4, -0.2) is 46.0 Å². The smallest absolute Gasteiger partial charge is 0.128 e. The van der Waals surface area contributed by atoms with Crippen LogP contribution in [0.2, 0.25) is 0 Å². The molecule has 2 aromatic rings. The van der Waals surface area contributed by atoms with Gasteiger partial charge >= 0.3 is 0 Å². The fraction of sp³-hybridized carbons (Fsp3) is 0.350. The number of benzene rings is 1. The van der Waals surface area contributed by atoms with Gasteiger partial charge in [-0.2, -0.15) is 5.10 Å². The lowest BCUT2D eigenvalue weighted by Gasteiger charge is -2.31. The van der Waals surface area contributed by atoms with E-state index in [1.165, 1.54) is 0 Å². The monoisotopic (exact) mass is 416 g/mol. The molecule has 0 amide bonds. The summed E-state index contributed by atoms with van der Waals surface area (Å²) in [5.74, 6) is 1.10. The Kier molecular flexibility index (Phi) is 5.84. The Hall–Kier alpha value is -2.05. The van der Waals surface area contributed by atoms with Gasteiger partial charge in [-0.15, -0.1) is 0 Å². The third kappa shape index (κ3) is 4.19. The number of aromatic hydroxyl groups is 1. The van der Waals surface area contributed by atoms with Gasteiger partial charge in [0, 0.05) is 11.6 Å². The molecule has 0 bridgehead atoms. The van der Waals surface area contributed by atoms with Crippen molar-refractivity contribution in [2.24, 2.45) is 0 Å². The van der Waals surface area contributed by atoms with E-state index < -0.39 is 0 Å². The molecule has 1 fully saturated rings. The van der Waals surface area contributed by atoms with E-state index in [-0.39, 0.29) is 5.75 Å². The molecule has 3 rings (SSSR count). The number of aromatic nitrogens is 2. The lowest BCUT2D eigenvalue weighted by molar-refractivity contribution is 0.244. The average Bonchev–Trinajstić information content (AvgIpc) is 2.95. The van der Waals surface area contributed by atoms with Crippen LogP contribution in [0.3, 0.4) is 0 Å². The highest BCUT2D eigenvalue weighted by molar-refractivity contribution is 9.10. The Bertz CT molecular complexity index is 819. The quantitative estimate of drug-likeness (QED) is 0.726. The fourth-order valence-electron chi connectivity index (χ4n) is 3.15. The highest BCUT2D eigenvalue weighted by Crippen LogP contribution is 2.27. The van der Waals surface area contributed by atoms with Crippen LogP contribution in [0.5, 0.6) is 5.75 Å². The van der Waals surface area contributed by atoms with Crippen LogP contribution in [0.15, 0.2) is 47.6 Å². The van der Waals surface area contributed by atoms with Gasteiger partial charge in [0.05, 0.1) is 16.4 Å². The number of hydrogen-bond acceptors (Lipinski definition) is 4. The number of para-hydroxylation sites is 1. The zero-order chi connectivity index (χ0) is 18.7. The van der Waals surface area contributed by atoms with E-state index in [0.29, 0.717) is 6.04 Å². The van der Waals surface area contributed by atoms with Gasteiger partial charge in [-0.3, -0.25) is 0 Å². The van der Waals surface area contributed by atoms with Crippen molar-refractivity contribution < 1.29 is 5.11 Å². The number of phenols is 1. The van der Waals surface area contributed by atoms with E-state index in [0.717, 1.165) is 53.1 Å². The maximum absolute atomic E-state index is 10.1. The number of phenolic OH excluding ortho intramolecular Hbond substituents is 1. The van der Waals surface area contributed by atoms with E-state index in [1.807, 2.05) is 35.9 Å². The molecule has 1 aromatic heterocycles. The van der Waals surface area contributed by atoms with Gasteiger partial charge in [-0.1, -0.05) is 24.8 Å². The van der Waals surface area contributed by atoms with Crippen LogP contribution in [0.4, 0.5) is 0 Å². The molecular weight excluding hydrogens is 392 g/mol. The van der Waals surface area contributed by atoms with Crippen molar-refractivity contribution in [3.8, 4) is 5.75 Å². The molecule has 26 heavy (non-hydrogen) atoms. The first-order chi connectivity index (χ1) is 12.5. The highest BCUT2D eigenvalue weighted by atomic mass is 79.9. The fourth-order valence-corrected chi connectivity index (χ4v) is 3.41. The number of halogens is 1. The topological polar surface area (TPSA) is 53.3 Å². The lowest BCUT2D eigenvalue weighted by atomic mass is 10.0. The van der Waals surface area contributed by atoms with E-state index in [1.54, 1.807) is 12.3 Å². The molecular formula is C20H25BrN4O. The van der Waals surface area contributed by atoms with E-state index in [9.17, 15) is 5.11 Å². The second-order valence-electron chi connectivity index (χ2n) is 6.78. The van der Waals surface area contributed by atoms with Crippen molar-refractivity contribution in [1.29, 1.82) is 0 Å². The van der Waals surface area contributed by atoms with Crippen LogP contribution in [0, 0.1) is 6.92 Å². The molecule has 0 aliphatic carbocycles. The molecule has 2 heterocycles. The molecule has 1 aliphatic heterocycles. The molecule has 5 nitrogen and oxygen atoms in total. The molecule has 0 radical (unpaired) electrons. The molecule has 2 N–H and O–H groups in total. The first-order valence-electron chi connectivity index (χ1n) is 8.80. The van der Waals surface area contributed by atoms with Crippen LogP contribution >= 0.6 is 15.9 Å². The van der Waals surface area contributed by atoms with Crippen molar-refractivity contribution in [1.82, 2.24) is 20.0 Å². The molecule has 0 unspecified atom stereocenters. The maximum atomic E-state index is 10.1. The first-order valence-corrected chi connectivity index (χ1v) is 9.59. The lowest BCUT2D eigenvalue weighted by Crippen LogP contribution is -2.41. The van der Waals surface area contributed by atoms with Crippen molar-refractivity contribution in [2.75, 3.05) is 20.1 Å². The second kappa shape index (κ2) is 8.10. The second-order valence-corrected chi connectivity index (χ2v) is 7.64. The largest absolute Gasteiger partial charge is 0.507 e. The van der Waals surface area contributed by atoms with Crippen molar-refractivity contribution in [2.45, 2.75) is 25.8 Å². The van der Waals surface area contributed by atoms with E-state index in [2.05, 4.69) is 44.9 Å². The zero-order valence-corrected chi connectivity index (χ0v) is 16.8. The Morgan fingerprint density at radius 3 is 2.65 bits per heavy atom. The van der Waals surface area contributed by atoms with Crippen molar-refractivity contribution >= 4 is 27.3 Å². The van der Waals surface area contributed by atoms with Gasteiger partial charge in [-0.25, -0.2) is 4.68 Å². The Balaban J connectivity index is 1.91. The van der Waals surface area contributed by atoms with Gasteiger partial charge in [-0.05, 0) is 73.5 Å². The average molecular weight is 417 g/mol. The molecule has 1 aliphatic rings. The highest BCUT2D eigenvalue weighted by Gasteiger charge is 2.19. The standard InChI is InChI=1S/C20H25BrN4O/c1-14(17-6-4-5-7-19(17)26)12-20(25-15(2)18(21)13-22-25)23-16-8-10-24(3)11-9-16/h4-7,12-13,16,23,26H,1,8-11H2,2-3H3/b20-12-. The van der Waals surface area contributed by atoms with Crippen LogP contribution in [0.25, 0.3) is 11.4 Å². The predicted molar refractivity (Wildman–Crippen MR) is 110 cm³/mol. The van der Waals surface area contributed by atoms with Crippen LogP contribution in [-0.2, 0) is 0 Å². The van der Waals surface area contributed by atoms with Crippen LogP contribution < -0.4 is 5.32 Å². The van der Waals surface area contributed by atoms with Crippen LogP contribution in [0.1, 0.15) is 24.1 Å². The van der Waals surface area contributed by atoms with Crippen molar-refractivity contribution in [3.05, 3.63) is 58.8 Å². The number of likely N-dealkylation sites (tertiary alicyclic amines) is 1. The summed E-state index contributed by atoms with van der Waals surface area (Å²) >= 11 is 3.53. The minimum Gasteiger partial charge on any atom is -0.507 e. The number of allylic oxidation sites excluding steroid dienone is 2. The van der Waals surface area contributed by atoms with Gasteiger partial charge < -0.3 is 15.3 Å². The summed E-state index contributed by atoms with van der Waals surface area (Å²) in [4.78, 5) is 2.35. The summed E-state index contributed by atoms with van der Waals surface area (Å²) in [6, 6.07) is 7.63. The SMILES string of the molecule is C=C(/C=C(/NC1CCN(C)CC1)n1ncc(Br)c1C)c1ccccc1O. The molecule has 138 valence electrons. The summed E-state index contributed by atoms with van der Waals surface area (Å²) in [5, 5.41) is 18.3. The maximum Gasteiger partial charge on any atom is 0.128 e. The minimum atomic E-state index is 0.228. The molecule has 1 saturated heterocycles. The summed E-state index contributed by atoms with van der Waals surface area (Å²) in [5.41, 5.74) is 2.48. The predicted octanol–water partition coefficient (Wildman–Crippen LogP) is 3.86. The zero-order valence-electron chi connectivity index (χ0n) is 15.2. The Morgan fingerprint density at radius 2 is 2.04 bits per heavy atom. The molecule has 1 aromatic carbocycles. The van der Waals surface area contributed by atoms with E-state index >= 15 is 0 Å². The third-order valence-electron chi connectivity index (χ3n) is 4.81. The normalized spacial score (nSPS) is 16.7. The van der Waals surface area contributed by atoms with Gasteiger partial charge in [0.2, 0.25) is 0 Å². The third-order valence-corrected chi connectivity index (χ3v) is 5.59. The molecule has 0 spiro atoms. The summed E-state index contributed by atoms with van der Waals surface area (Å²) in [6.07, 6.45) is 5.92. The summed E-state index contributed by atoms with van der Waals surface area (Å²) < 4.78 is 2.84. The molecule has 0 atom stereocenters. The summed E-state index contributed by atoms with van der Waals surface area (Å²) in [6.45, 7) is 8.33. The summed E-state index contributed by atoms with van der Waals surface area (Å²) in [7, 11) is 2.15. The number of nitrogens with one attached hydrogen (secondary N) is 1. The Labute approximate surface area is 163 Å². The minimum absolute atomic E-state index is 0.228. The van der Waals surface area contributed by atoms with Gasteiger partial charge in [0.15, 0.2) is 0 Å². The Morgan fingerprint density at radius 1 is 1.35 bits per heavy atom. The van der Waals surface area contributed by atoms with Crippen molar-refractivity contribution in [3.63, 3.8) is 0 Å². The van der Waals surface area contributed by atoms with Gasteiger partial charge in [0.25, 0.3) is 0 Å². The van der Waals surface area contributed by atoms with Gasteiger partial charge in [0.1, 0.15) is 11.6 Å². The number of hydrogen-bond donors (Lipinski definition) is 2. The number of nitrogens with zero attached hydrogens (tertiary/aromatic N) is 3.